The Morgan fingerprint density at radius 1 is 0.627 bits per heavy atom. The molecule has 20 nitrogen and oxygen atoms in total. The molecular formula is C31H60N12O8. The number of aliphatic hydroxyl groups excluding tert-OH is 1. The van der Waals surface area contributed by atoms with Crippen LogP contribution in [0.4, 0.5) is 0 Å². The number of carboxylic acids is 1. The maximum Gasteiger partial charge on any atom is 0.326 e. The first kappa shape index (κ1) is 46.3. The smallest absolute Gasteiger partial charge is 0.326 e. The average molecular weight is 729 g/mol. The van der Waals surface area contributed by atoms with E-state index in [4.69, 9.17) is 28.0 Å². The molecule has 0 heterocycles. The summed E-state index contributed by atoms with van der Waals surface area (Å²) in [6.45, 7) is 9.99. The zero-order valence-electron chi connectivity index (χ0n) is 30.4. The Hall–Kier alpha value is -4.72. The third-order valence-corrected chi connectivity index (χ3v) is 8.35. The van der Waals surface area contributed by atoms with Gasteiger partial charge in [0.15, 0.2) is 11.9 Å². The van der Waals surface area contributed by atoms with Gasteiger partial charge >= 0.3 is 5.97 Å². The summed E-state index contributed by atoms with van der Waals surface area (Å²) in [6.07, 6.45) is 0.459. The Labute approximate surface area is 298 Å². The van der Waals surface area contributed by atoms with E-state index in [2.05, 4.69) is 37.2 Å². The first-order chi connectivity index (χ1) is 23.8. The lowest BCUT2D eigenvalue weighted by Crippen LogP contribution is -2.62. The monoisotopic (exact) mass is 728 g/mol. The highest BCUT2D eigenvalue weighted by Gasteiger charge is 2.36. The van der Waals surface area contributed by atoms with Crippen LogP contribution in [0, 0.1) is 22.7 Å². The first-order valence-corrected chi connectivity index (χ1v) is 17.1. The van der Waals surface area contributed by atoms with Gasteiger partial charge < -0.3 is 64.6 Å². The zero-order valence-corrected chi connectivity index (χ0v) is 30.4. The number of aliphatic carboxylic acids is 1. The molecule has 0 aliphatic carbocycles. The highest BCUT2D eigenvalue weighted by molar-refractivity contribution is 5.96. The number of nitrogens with two attached hydrogens (primary N) is 3. The minimum atomic E-state index is -1.54. The molecule has 0 radical (unpaired) electrons. The number of guanidine groups is 2. The van der Waals surface area contributed by atoms with Crippen LogP contribution in [0.1, 0.15) is 80.1 Å². The fourth-order valence-corrected chi connectivity index (χ4v) is 4.69. The number of carbonyl (C=O) groups is 6. The van der Waals surface area contributed by atoms with Crippen molar-refractivity contribution in [2.45, 2.75) is 122 Å². The van der Waals surface area contributed by atoms with Crippen LogP contribution in [0.15, 0.2) is 0 Å². The molecule has 0 saturated heterocycles. The Bertz CT molecular complexity index is 1200. The van der Waals surface area contributed by atoms with Crippen molar-refractivity contribution in [3.8, 4) is 0 Å². The number of amides is 5. The van der Waals surface area contributed by atoms with Crippen molar-refractivity contribution >= 4 is 47.4 Å². The van der Waals surface area contributed by atoms with Crippen molar-refractivity contribution in [2.24, 2.45) is 29.0 Å². The summed E-state index contributed by atoms with van der Waals surface area (Å²) in [4.78, 5) is 77.6. The van der Waals surface area contributed by atoms with Gasteiger partial charge in [0.25, 0.3) is 0 Å². The van der Waals surface area contributed by atoms with Gasteiger partial charge in [-0.1, -0.05) is 40.5 Å². The van der Waals surface area contributed by atoms with Gasteiger partial charge in [-0.3, -0.25) is 34.8 Å². The molecule has 0 fully saturated rings. The number of rotatable bonds is 24. The molecule has 0 aliphatic rings. The largest absolute Gasteiger partial charge is 0.480 e. The summed E-state index contributed by atoms with van der Waals surface area (Å²) in [5.41, 5.74) is 16.6. The van der Waals surface area contributed by atoms with Crippen LogP contribution in [-0.4, -0.2) is 113 Å². The van der Waals surface area contributed by atoms with Gasteiger partial charge in [0.1, 0.15) is 30.2 Å². The van der Waals surface area contributed by atoms with E-state index >= 15 is 0 Å². The van der Waals surface area contributed by atoms with Crippen LogP contribution < -0.4 is 54.4 Å². The van der Waals surface area contributed by atoms with Gasteiger partial charge in [-0.15, -0.1) is 0 Å². The van der Waals surface area contributed by atoms with Crippen LogP contribution in [0.2, 0.25) is 0 Å². The van der Waals surface area contributed by atoms with E-state index in [-0.39, 0.29) is 31.3 Å². The average Bonchev–Trinajstić information content (AvgIpc) is 3.06. The lowest BCUT2D eigenvalue weighted by atomic mass is 9.96. The van der Waals surface area contributed by atoms with Crippen LogP contribution in [-0.2, 0) is 28.8 Å². The molecule has 0 rings (SSSR count). The molecule has 0 saturated carbocycles. The number of carboxylic acid groups (broad SMARTS) is 1. The molecule has 5 amide bonds. The van der Waals surface area contributed by atoms with Gasteiger partial charge in [0, 0.05) is 13.1 Å². The molecule has 51 heavy (non-hydrogen) atoms. The van der Waals surface area contributed by atoms with Crippen molar-refractivity contribution in [1.82, 2.24) is 37.2 Å². The van der Waals surface area contributed by atoms with Crippen LogP contribution in [0.3, 0.4) is 0 Å². The van der Waals surface area contributed by atoms with Crippen molar-refractivity contribution in [1.29, 1.82) is 10.8 Å². The molecule has 9 atom stereocenters. The van der Waals surface area contributed by atoms with E-state index in [0.29, 0.717) is 32.2 Å². The van der Waals surface area contributed by atoms with E-state index in [1.54, 1.807) is 27.7 Å². The van der Waals surface area contributed by atoms with Crippen LogP contribution in [0.25, 0.3) is 0 Å². The second-order valence-electron chi connectivity index (χ2n) is 12.7. The van der Waals surface area contributed by atoms with E-state index in [1.165, 1.54) is 13.8 Å². The van der Waals surface area contributed by atoms with E-state index in [9.17, 15) is 39.0 Å². The predicted molar refractivity (Wildman–Crippen MR) is 190 cm³/mol. The SMILES string of the molecule is CC[C@H](C)[C@H](NC(=O)[C@@H](NC(=O)[C@@H](NC(=O)[C@H](C)NC(=O)[C@H](CCCNC(=N)N)NC(=O)[C@@H](N)CCCNC(=N)N)[C@@H](C)CC)[C@@H](C)O)C(=O)O. The number of hydrogen-bond donors (Lipinski definition) is 14. The fraction of sp³-hybridized carbons (Fsp3) is 0.742. The topological polar surface area (TPSA) is 353 Å². The quantitative estimate of drug-likeness (QED) is 0.0265. The van der Waals surface area contributed by atoms with Crippen molar-refractivity contribution in [3.05, 3.63) is 0 Å². The number of hydrogen-bond acceptors (Lipinski definition) is 10. The molecule has 0 spiro atoms. The minimum Gasteiger partial charge on any atom is -0.480 e. The Balaban J connectivity index is 5.77. The van der Waals surface area contributed by atoms with Gasteiger partial charge in [-0.05, 0) is 51.4 Å². The third-order valence-electron chi connectivity index (χ3n) is 8.35. The normalized spacial score (nSPS) is 16.2. The zero-order chi connectivity index (χ0) is 39.4. The molecule has 17 N–H and O–H groups in total. The van der Waals surface area contributed by atoms with E-state index < -0.39 is 89.7 Å². The van der Waals surface area contributed by atoms with Crippen molar-refractivity contribution in [3.63, 3.8) is 0 Å². The lowest BCUT2D eigenvalue weighted by Gasteiger charge is -2.30. The minimum absolute atomic E-state index is 0.0886. The number of carbonyl (C=O) groups excluding carboxylic acids is 5. The second-order valence-corrected chi connectivity index (χ2v) is 12.7. The van der Waals surface area contributed by atoms with E-state index in [1.807, 2.05) is 0 Å². The molecule has 0 bridgehead atoms. The van der Waals surface area contributed by atoms with Gasteiger partial charge in [0.2, 0.25) is 29.5 Å². The summed E-state index contributed by atoms with van der Waals surface area (Å²) in [5, 5.41) is 52.1. The lowest BCUT2D eigenvalue weighted by molar-refractivity contribution is -0.144. The molecule has 0 aromatic rings. The predicted octanol–water partition coefficient (Wildman–Crippen LogP) is -3.16. The highest BCUT2D eigenvalue weighted by Crippen LogP contribution is 2.12. The van der Waals surface area contributed by atoms with E-state index in [0.717, 1.165) is 0 Å². The maximum absolute atomic E-state index is 13.4. The molecule has 20 heteroatoms. The maximum atomic E-state index is 13.4. The highest BCUT2D eigenvalue weighted by atomic mass is 16.4. The molecule has 0 aliphatic heterocycles. The van der Waals surface area contributed by atoms with Crippen LogP contribution >= 0.6 is 0 Å². The molecule has 292 valence electrons. The molecule has 0 aromatic heterocycles. The second kappa shape index (κ2) is 23.6. The Kier molecular flexibility index (Phi) is 21.5. The van der Waals surface area contributed by atoms with Gasteiger partial charge in [-0.25, -0.2) is 4.79 Å². The summed E-state index contributed by atoms with van der Waals surface area (Å²) in [5.74, 6) is -6.53. The van der Waals surface area contributed by atoms with Crippen molar-refractivity contribution in [2.75, 3.05) is 13.1 Å². The summed E-state index contributed by atoms with van der Waals surface area (Å²) in [6, 6.07) is -7.35. The number of aliphatic hydroxyl groups is 1. The van der Waals surface area contributed by atoms with Crippen molar-refractivity contribution < 1.29 is 39.0 Å². The third kappa shape index (κ3) is 17.7. The molecule has 0 unspecified atom stereocenters. The van der Waals surface area contributed by atoms with Crippen LogP contribution in [0.5, 0.6) is 0 Å². The van der Waals surface area contributed by atoms with Gasteiger partial charge in [-0.2, -0.15) is 0 Å². The summed E-state index contributed by atoms with van der Waals surface area (Å²) in [7, 11) is 0. The Morgan fingerprint density at radius 3 is 1.55 bits per heavy atom. The summed E-state index contributed by atoms with van der Waals surface area (Å²) < 4.78 is 0. The summed E-state index contributed by atoms with van der Waals surface area (Å²) >= 11 is 0. The van der Waals surface area contributed by atoms with Gasteiger partial charge in [0.05, 0.1) is 12.1 Å². The fourth-order valence-electron chi connectivity index (χ4n) is 4.69. The molecular weight excluding hydrogens is 668 g/mol. The first-order valence-electron chi connectivity index (χ1n) is 17.1. The molecule has 0 aromatic carbocycles. The Morgan fingerprint density at radius 2 is 1.08 bits per heavy atom. The standard InChI is InChI=1S/C31H60N12O8/c1-7-15(3)21(27(48)43-23(18(6)44)28(49)42-22(29(50)51)16(4)8-2)41-24(45)17(5)39-26(47)20(12-10-14-38-31(35)36)40-25(46)19(32)11-9-13-37-30(33)34/h15-23,44H,7-14,32H2,1-6H3,(H,39,47)(H,40,46)(H,41,45)(H,42,49)(H,43,48)(H,50,51)(H4,33,34,37)(H4,35,36,38)/t15-,16-,17-,18+,19-,20-,21-,22-,23-/m0/s1. The number of nitrogens with one attached hydrogen (secondary N) is 9.